The van der Waals surface area contributed by atoms with Crippen molar-refractivity contribution in [2.24, 2.45) is 0 Å². The molecule has 4 heteroatoms. The zero-order valence-corrected chi connectivity index (χ0v) is 9.00. The third-order valence-electron chi connectivity index (χ3n) is 2.10. The summed E-state index contributed by atoms with van der Waals surface area (Å²) in [4.78, 5) is 12.0. The molecule has 1 heterocycles. The number of carbonyl (C=O) groups is 1. The molecule has 0 amide bonds. The van der Waals surface area contributed by atoms with Crippen LogP contribution < -0.4 is 0 Å². The van der Waals surface area contributed by atoms with Crippen LogP contribution in [0.1, 0.15) is 4.88 Å². The maximum absolute atomic E-state index is 11.1. The molecule has 0 fully saturated rings. The summed E-state index contributed by atoms with van der Waals surface area (Å²) in [6.07, 6.45) is 0.288. The number of benzene rings is 1. The summed E-state index contributed by atoms with van der Waals surface area (Å²) in [5, 5.41) is 10.2. The first-order chi connectivity index (χ1) is 7.19. The van der Waals surface area contributed by atoms with Crippen molar-refractivity contribution in [1.29, 1.82) is 0 Å². The molecule has 2 aromatic rings. The molecular weight excluding hydrogens is 212 g/mol. The molecule has 0 unspecified atom stereocenters. The Morgan fingerprint density at radius 3 is 3.00 bits per heavy atom. The van der Waals surface area contributed by atoms with Gasteiger partial charge in [0.1, 0.15) is 5.75 Å². The first kappa shape index (κ1) is 9.98. The van der Waals surface area contributed by atoms with Crippen LogP contribution in [0.5, 0.6) is 5.75 Å². The van der Waals surface area contributed by atoms with Crippen LogP contribution in [0.15, 0.2) is 24.3 Å². The number of aromatic hydroxyl groups is 1. The minimum atomic E-state index is -0.245. The van der Waals surface area contributed by atoms with E-state index in [9.17, 15) is 9.90 Å². The lowest BCUT2D eigenvalue weighted by Gasteiger charge is -1.93. The number of ether oxygens (including phenoxy) is 1. The highest BCUT2D eigenvalue weighted by molar-refractivity contribution is 7.19. The van der Waals surface area contributed by atoms with Gasteiger partial charge >= 0.3 is 5.97 Å². The van der Waals surface area contributed by atoms with E-state index in [1.54, 1.807) is 12.1 Å². The molecule has 0 spiro atoms. The monoisotopic (exact) mass is 222 g/mol. The third kappa shape index (κ3) is 2.10. The van der Waals surface area contributed by atoms with Crippen molar-refractivity contribution in [2.45, 2.75) is 6.42 Å². The number of fused-ring (bicyclic) bond motifs is 1. The van der Waals surface area contributed by atoms with Gasteiger partial charge in [0, 0.05) is 9.58 Å². The molecule has 0 saturated heterocycles. The van der Waals surface area contributed by atoms with Gasteiger partial charge < -0.3 is 9.84 Å². The number of carbonyl (C=O) groups excluding carboxylic acids is 1. The molecular formula is C11H10O3S. The smallest absolute Gasteiger partial charge is 0.310 e. The van der Waals surface area contributed by atoms with E-state index in [0.29, 0.717) is 0 Å². The molecule has 0 aliphatic heterocycles. The van der Waals surface area contributed by atoms with Gasteiger partial charge in [-0.05, 0) is 29.7 Å². The van der Waals surface area contributed by atoms with Crippen LogP contribution in [0, 0.1) is 0 Å². The van der Waals surface area contributed by atoms with E-state index in [1.165, 1.54) is 18.4 Å². The summed E-state index contributed by atoms with van der Waals surface area (Å²) in [7, 11) is 1.38. The maximum atomic E-state index is 11.1. The highest BCUT2D eigenvalue weighted by Crippen LogP contribution is 2.28. The van der Waals surface area contributed by atoms with Crippen molar-refractivity contribution in [2.75, 3.05) is 7.11 Å². The molecule has 3 nitrogen and oxygen atoms in total. The van der Waals surface area contributed by atoms with Gasteiger partial charge in [0.25, 0.3) is 0 Å². The Hall–Kier alpha value is -1.55. The molecule has 2 rings (SSSR count). The lowest BCUT2D eigenvalue weighted by molar-refractivity contribution is -0.139. The van der Waals surface area contributed by atoms with Crippen LogP contribution in [0.4, 0.5) is 0 Å². The largest absolute Gasteiger partial charge is 0.508 e. The normalized spacial score (nSPS) is 10.5. The Morgan fingerprint density at radius 1 is 1.47 bits per heavy atom. The van der Waals surface area contributed by atoms with E-state index in [1.807, 2.05) is 12.1 Å². The van der Waals surface area contributed by atoms with E-state index in [4.69, 9.17) is 0 Å². The second-order valence-corrected chi connectivity index (χ2v) is 4.36. The summed E-state index contributed by atoms with van der Waals surface area (Å²) in [6, 6.07) is 7.07. The van der Waals surface area contributed by atoms with Gasteiger partial charge in [-0.1, -0.05) is 0 Å². The van der Waals surface area contributed by atoms with Crippen LogP contribution in [-0.4, -0.2) is 18.2 Å². The second-order valence-electron chi connectivity index (χ2n) is 3.19. The molecule has 1 aromatic heterocycles. The van der Waals surface area contributed by atoms with Gasteiger partial charge in [-0.25, -0.2) is 0 Å². The highest BCUT2D eigenvalue weighted by atomic mass is 32.1. The first-order valence-electron chi connectivity index (χ1n) is 4.47. The number of hydrogen-bond donors (Lipinski definition) is 1. The zero-order valence-electron chi connectivity index (χ0n) is 8.19. The van der Waals surface area contributed by atoms with E-state index < -0.39 is 0 Å². The van der Waals surface area contributed by atoms with Crippen LogP contribution in [0.25, 0.3) is 10.1 Å². The van der Waals surface area contributed by atoms with Crippen LogP contribution >= 0.6 is 11.3 Å². The number of thiophene rings is 1. The van der Waals surface area contributed by atoms with Gasteiger partial charge in [-0.15, -0.1) is 11.3 Å². The number of phenolic OH excluding ortho intramolecular Hbond substituents is 1. The fourth-order valence-electron chi connectivity index (χ4n) is 1.39. The van der Waals surface area contributed by atoms with Crippen molar-refractivity contribution in [1.82, 2.24) is 0 Å². The Balaban J connectivity index is 2.34. The Labute approximate surface area is 90.9 Å². The minimum absolute atomic E-state index is 0.241. The molecule has 0 aliphatic rings. The average Bonchev–Trinajstić information content (AvgIpc) is 2.59. The first-order valence-corrected chi connectivity index (χ1v) is 5.29. The van der Waals surface area contributed by atoms with E-state index in [-0.39, 0.29) is 18.1 Å². The fraction of sp³-hybridized carbons (Fsp3) is 0.182. The molecule has 0 aliphatic carbocycles. The van der Waals surface area contributed by atoms with E-state index in [2.05, 4.69) is 4.74 Å². The standard InChI is InChI=1S/C11H10O3S/c1-14-11(13)6-9-5-7-4-8(12)2-3-10(7)15-9/h2-5,12H,6H2,1H3. The fourth-order valence-corrected chi connectivity index (χ4v) is 2.42. The highest BCUT2D eigenvalue weighted by Gasteiger charge is 2.07. The van der Waals surface area contributed by atoms with Crippen LogP contribution in [-0.2, 0) is 16.0 Å². The number of esters is 1. The van der Waals surface area contributed by atoms with Crippen molar-refractivity contribution in [3.05, 3.63) is 29.1 Å². The molecule has 78 valence electrons. The Morgan fingerprint density at radius 2 is 2.27 bits per heavy atom. The lowest BCUT2D eigenvalue weighted by atomic mass is 10.2. The maximum Gasteiger partial charge on any atom is 0.310 e. The topological polar surface area (TPSA) is 46.5 Å². The van der Waals surface area contributed by atoms with Crippen LogP contribution in [0.3, 0.4) is 0 Å². The Bertz CT molecular complexity index is 502. The van der Waals surface area contributed by atoms with Gasteiger partial charge in [0.05, 0.1) is 13.5 Å². The summed E-state index contributed by atoms with van der Waals surface area (Å²) in [5.74, 6) is -0.00399. The molecule has 1 N–H and O–H groups in total. The molecule has 1 aromatic carbocycles. The number of rotatable bonds is 2. The predicted molar refractivity (Wildman–Crippen MR) is 59.2 cm³/mol. The summed E-state index contributed by atoms with van der Waals surface area (Å²) in [5.41, 5.74) is 0. The van der Waals surface area contributed by atoms with Gasteiger partial charge in [-0.2, -0.15) is 0 Å². The van der Waals surface area contributed by atoms with E-state index >= 15 is 0 Å². The minimum Gasteiger partial charge on any atom is -0.508 e. The quantitative estimate of drug-likeness (QED) is 0.793. The lowest BCUT2D eigenvalue weighted by Crippen LogP contribution is -2.02. The number of hydrogen-bond acceptors (Lipinski definition) is 4. The van der Waals surface area contributed by atoms with Gasteiger partial charge in [0.2, 0.25) is 0 Å². The van der Waals surface area contributed by atoms with Gasteiger partial charge in [0.15, 0.2) is 0 Å². The molecule has 0 atom stereocenters. The number of methoxy groups -OCH3 is 1. The van der Waals surface area contributed by atoms with Crippen molar-refractivity contribution in [3.63, 3.8) is 0 Å². The summed E-state index contributed by atoms with van der Waals surface area (Å²) < 4.78 is 5.65. The van der Waals surface area contributed by atoms with Crippen LogP contribution in [0.2, 0.25) is 0 Å². The molecule has 0 bridgehead atoms. The summed E-state index contributed by atoms with van der Waals surface area (Å²) >= 11 is 1.54. The predicted octanol–water partition coefficient (Wildman–Crippen LogP) is 2.32. The van der Waals surface area contributed by atoms with Crippen molar-refractivity contribution in [3.8, 4) is 5.75 Å². The van der Waals surface area contributed by atoms with Crippen molar-refractivity contribution >= 4 is 27.4 Å². The van der Waals surface area contributed by atoms with Gasteiger partial charge in [-0.3, -0.25) is 4.79 Å². The number of phenols is 1. The third-order valence-corrected chi connectivity index (χ3v) is 3.21. The average molecular weight is 222 g/mol. The second kappa shape index (κ2) is 3.90. The Kier molecular flexibility index (Phi) is 2.60. The van der Waals surface area contributed by atoms with Crippen molar-refractivity contribution < 1.29 is 14.6 Å². The zero-order chi connectivity index (χ0) is 10.8. The summed E-state index contributed by atoms with van der Waals surface area (Å²) in [6.45, 7) is 0. The molecule has 15 heavy (non-hydrogen) atoms. The molecule has 0 radical (unpaired) electrons. The van der Waals surface area contributed by atoms with E-state index in [0.717, 1.165) is 15.0 Å². The molecule has 0 saturated carbocycles. The SMILES string of the molecule is COC(=O)Cc1cc2cc(O)ccc2s1.